The van der Waals surface area contributed by atoms with Crippen molar-refractivity contribution in [3.63, 3.8) is 0 Å². The molecule has 0 aliphatic carbocycles. The normalized spacial score (nSPS) is 13.1. The summed E-state index contributed by atoms with van der Waals surface area (Å²) in [6.07, 6.45) is 84.5. The van der Waals surface area contributed by atoms with Crippen LogP contribution in [-0.2, 0) is 28.6 Å². The van der Waals surface area contributed by atoms with Gasteiger partial charge < -0.3 is 14.2 Å². The van der Waals surface area contributed by atoms with Crippen LogP contribution < -0.4 is 0 Å². The van der Waals surface area contributed by atoms with E-state index >= 15 is 0 Å². The molecule has 0 aliphatic heterocycles. The van der Waals surface area contributed by atoms with Gasteiger partial charge in [-0.25, -0.2) is 0 Å². The second-order valence-corrected chi connectivity index (χ2v) is 19.1. The highest BCUT2D eigenvalue weighted by Gasteiger charge is 2.19. The summed E-state index contributed by atoms with van der Waals surface area (Å²) in [5.41, 5.74) is 0. The molecule has 0 heterocycles. The van der Waals surface area contributed by atoms with Crippen molar-refractivity contribution >= 4 is 17.9 Å². The number of esters is 3. The largest absolute Gasteiger partial charge is 0.462 e. The number of carbonyl (C=O) groups is 3. The fourth-order valence-corrected chi connectivity index (χ4v) is 7.73. The van der Waals surface area contributed by atoms with Crippen molar-refractivity contribution in [3.05, 3.63) is 134 Å². The van der Waals surface area contributed by atoms with Gasteiger partial charge in [0.15, 0.2) is 6.10 Å². The second-order valence-electron chi connectivity index (χ2n) is 19.1. The van der Waals surface area contributed by atoms with Gasteiger partial charge in [0, 0.05) is 19.3 Å². The van der Waals surface area contributed by atoms with E-state index in [4.69, 9.17) is 14.2 Å². The summed E-state index contributed by atoms with van der Waals surface area (Å²) in [6, 6.07) is 0. The van der Waals surface area contributed by atoms with E-state index in [2.05, 4.69) is 154 Å². The van der Waals surface area contributed by atoms with Crippen molar-refractivity contribution in [3.8, 4) is 0 Å². The van der Waals surface area contributed by atoms with Crippen LogP contribution in [-0.4, -0.2) is 37.2 Å². The molecule has 412 valence electrons. The number of hydrogen-bond acceptors (Lipinski definition) is 6. The fraction of sp³-hybridized carbons (Fsp3) is 0.627. The molecule has 1 unspecified atom stereocenters. The molecular formula is C67H108O6. The number of allylic oxidation sites excluding steroid dienone is 22. The minimum absolute atomic E-state index is 0.115. The third-order valence-electron chi connectivity index (χ3n) is 12.1. The molecule has 0 rings (SSSR count). The van der Waals surface area contributed by atoms with Crippen molar-refractivity contribution in [2.24, 2.45) is 0 Å². The Hall–Kier alpha value is -4.45. The van der Waals surface area contributed by atoms with Gasteiger partial charge in [0.25, 0.3) is 0 Å². The lowest BCUT2D eigenvalue weighted by molar-refractivity contribution is -0.167. The van der Waals surface area contributed by atoms with Gasteiger partial charge in [-0.05, 0) is 128 Å². The lowest BCUT2D eigenvalue weighted by atomic mass is 10.1. The first-order valence-electron chi connectivity index (χ1n) is 29.7. The summed E-state index contributed by atoms with van der Waals surface area (Å²) < 4.78 is 16.8. The molecule has 6 nitrogen and oxygen atoms in total. The number of hydrogen-bond donors (Lipinski definition) is 0. The highest BCUT2D eigenvalue weighted by molar-refractivity contribution is 5.71. The van der Waals surface area contributed by atoms with Crippen molar-refractivity contribution in [2.45, 2.75) is 258 Å². The molecule has 0 saturated carbocycles. The topological polar surface area (TPSA) is 78.9 Å². The van der Waals surface area contributed by atoms with E-state index < -0.39 is 6.10 Å². The summed E-state index contributed by atoms with van der Waals surface area (Å²) in [5.74, 6) is -0.998. The Labute approximate surface area is 449 Å². The zero-order chi connectivity index (χ0) is 52.9. The zero-order valence-electron chi connectivity index (χ0n) is 47.1. The van der Waals surface area contributed by atoms with Crippen LogP contribution in [0.4, 0.5) is 0 Å². The lowest BCUT2D eigenvalue weighted by Gasteiger charge is -2.18. The van der Waals surface area contributed by atoms with Crippen molar-refractivity contribution in [2.75, 3.05) is 13.2 Å². The zero-order valence-corrected chi connectivity index (χ0v) is 47.1. The Morgan fingerprint density at radius 1 is 0.288 bits per heavy atom. The summed E-state index contributed by atoms with van der Waals surface area (Å²) in [6.45, 7) is 6.34. The van der Waals surface area contributed by atoms with Crippen LogP contribution in [0.1, 0.15) is 252 Å². The number of carbonyl (C=O) groups excluding carboxylic acids is 3. The van der Waals surface area contributed by atoms with Crippen LogP contribution in [0.5, 0.6) is 0 Å². The minimum Gasteiger partial charge on any atom is -0.462 e. The van der Waals surface area contributed by atoms with E-state index in [1.165, 1.54) is 77.0 Å². The molecule has 0 radical (unpaired) electrons. The number of ether oxygens (including phenoxy) is 3. The van der Waals surface area contributed by atoms with E-state index in [1.807, 2.05) is 0 Å². The Morgan fingerprint density at radius 2 is 0.548 bits per heavy atom. The first-order valence-corrected chi connectivity index (χ1v) is 29.7. The first kappa shape index (κ1) is 68.6. The monoisotopic (exact) mass is 1010 g/mol. The van der Waals surface area contributed by atoms with Crippen LogP contribution in [0.15, 0.2) is 134 Å². The second kappa shape index (κ2) is 60.1. The summed E-state index contributed by atoms with van der Waals surface area (Å²) in [5, 5.41) is 0. The quantitative estimate of drug-likeness (QED) is 0.0261. The Kier molecular flexibility index (Phi) is 56.4. The summed E-state index contributed by atoms with van der Waals surface area (Å²) in [4.78, 5) is 38.2. The van der Waals surface area contributed by atoms with Gasteiger partial charge in [-0.3, -0.25) is 14.4 Å². The predicted molar refractivity (Wildman–Crippen MR) is 316 cm³/mol. The van der Waals surface area contributed by atoms with E-state index in [-0.39, 0.29) is 37.5 Å². The van der Waals surface area contributed by atoms with Crippen molar-refractivity contribution < 1.29 is 28.6 Å². The molecule has 6 heteroatoms. The molecule has 0 aromatic heterocycles. The Morgan fingerprint density at radius 3 is 0.877 bits per heavy atom. The first-order chi connectivity index (χ1) is 36.0. The van der Waals surface area contributed by atoms with Crippen LogP contribution in [0.2, 0.25) is 0 Å². The molecule has 0 saturated heterocycles. The smallest absolute Gasteiger partial charge is 0.306 e. The maximum Gasteiger partial charge on any atom is 0.306 e. The van der Waals surface area contributed by atoms with Crippen molar-refractivity contribution in [1.82, 2.24) is 0 Å². The Bertz CT molecular complexity index is 1580. The van der Waals surface area contributed by atoms with Gasteiger partial charge in [-0.2, -0.15) is 0 Å². The minimum atomic E-state index is -0.824. The molecule has 1 atom stereocenters. The highest BCUT2D eigenvalue weighted by Crippen LogP contribution is 2.14. The third-order valence-corrected chi connectivity index (χ3v) is 12.1. The van der Waals surface area contributed by atoms with E-state index in [0.29, 0.717) is 19.3 Å². The van der Waals surface area contributed by atoms with Gasteiger partial charge in [-0.15, -0.1) is 0 Å². The maximum absolute atomic E-state index is 12.9. The van der Waals surface area contributed by atoms with E-state index in [9.17, 15) is 14.4 Å². The van der Waals surface area contributed by atoms with Gasteiger partial charge in [-0.1, -0.05) is 238 Å². The number of unbranched alkanes of at least 4 members (excludes halogenated alkanes) is 19. The van der Waals surface area contributed by atoms with Crippen LogP contribution in [0.3, 0.4) is 0 Å². The summed E-state index contributed by atoms with van der Waals surface area (Å²) in [7, 11) is 0. The molecule has 0 N–H and O–H groups in total. The molecule has 0 bridgehead atoms. The molecule has 0 fully saturated rings. The van der Waals surface area contributed by atoms with Crippen molar-refractivity contribution in [1.29, 1.82) is 0 Å². The van der Waals surface area contributed by atoms with Crippen LogP contribution >= 0.6 is 0 Å². The highest BCUT2D eigenvalue weighted by atomic mass is 16.6. The third kappa shape index (κ3) is 58.3. The standard InChI is InChI=1S/C67H108O6/c1-4-7-10-13-16-19-22-25-28-31-32-33-34-37-39-42-45-48-51-54-57-60-66(69)72-63-64(73-67(70)61-58-55-52-49-46-43-40-36-30-27-24-21-18-15-12-9-6-3)62-71-65(68)59-56-53-50-47-44-41-38-35-29-26-23-20-17-14-11-8-5-2/h8-9,11-12,17-18,20-22,25-27,29-32,34,37,40,43,49,52,64H,4-7,10,13-16,19,23-24,28,33,35-36,38-39,41-42,44-48,50-51,53-63H2,1-3H3/b11-8-,12-9-,20-17-,21-18-,25-22-,29-26-,30-27-,32-31-,37-34-,43-40-,52-49-. The van der Waals surface area contributed by atoms with Crippen LogP contribution in [0, 0.1) is 0 Å². The van der Waals surface area contributed by atoms with Gasteiger partial charge in [0.05, 0.1) is 0 Å². The average molecular weight is 1010 g/mol. The maximum atomic E-state index is 12.9. The summed E-state index contributed by atoms with van der Waals surface area (Å²) >= 11 is 0. The molecular weight excluding hydrogens is 901 g/mol. The van der Waals surface area contributed by atoms with Gasteiger partial charge in [0.1, 0.15) is 13.2 Å². The molecule has 0 spiro atoms. The average Bonchev–Trinajstić information content (AvgIpc) is 3.39. The molecule has 0 amide bonds. The lowest BCUT2D eigenvalue weighted by Crippen LogP contribution is -2.30. The number of rotatable bonds is 52. The van der Waals surface area contributed by atoms with E-state index in [0.717, 1.165) is 128 Å². The van der Waals surface area contributed by atoms with Gasteiger partial charge >= 0.3 is 17.9 Å². The molecule has 0 aromatic carbocycles. The molecule has 73 heavy (non-hydrogen) atoms. The molecule has 0 aliphatic rings. The molecule has 0 aromatic rings. The fourth-order valence-electron chi connectivity index (χ4n) is 7.73. The van der Waals surface area contributed by atoms with E-state index in [1.54, 1.807) is 0 Å². The van der Waals surface area contributed by atoms with Gasteiger partial charge in [0.2, 0.25) is 0 Å². The van der Waals surface area contributed by atoms with Crippen LogP contribution in [0.25, 0.3) is 0 Å². The SMILES string of the molecule is CC/C=C\C/C=C\C/C=C\C/C=C\C/C=C\CCCC(=O)OC(COC(=O)CCCCCCCC/C=C\C/C=C\C/C=C\CCCCCCC)COC(=O)CCCCCCCCC/C=C\C/C=C\C/C=C\CC. The predicted octanol–water partition coefficient (Wildman–Crippen LogP) is 20.2. The Balaban J connectivity index is 4.52.